The molecular weight excluding hydrogens is 207 g/mol. The van der Waals surface area contributed by atoms with Gasteiger partial charge in [-0.3, -0.25) is 4.79 Å². The van der Waals surface area contributed by atoms with Crippen molar-refractivity contribution in [3.8, 4) is 0 Å². The highest BCUT2D eigenvalue weighted by Gasteiger charge is 2.26. The van der Waals surface area contributed by atoms with Crippen molar-refractivity contribution in [2.75, 3.05) is 5.73 Å². The van der Waals surface area contributed by atoms with Gasteiger partial charge in [0, 0.05) is 11.6 Å². The van der Waals surface area contributed by atoms with Gasteiger partial charge < -0.3 is 11.1 Å². The topological polar surface area (TPSA) is 55.1 Å². The van der Waals surface area contributed by atoms with Crippen molar-refractivity contribution in [2.24, 2.45) is 5.92 Å². The third kappa shape index (κ3) is 2.15. The SMILES string of the molecule is CC1CC(NC(=O)c2ccc(F)c(N)c2)C1. The Morgan fingerprint density at radius 2 is 2.19 bits per heavy atom. The summed E-state index contributed by atoms with van der Waals surface area (Å²) in [6.07, 6.45) is 2.03. The summed E-state index contributed by atoms with van der Waals surface area (Å²) in [7, 11) is 0. The van der Waals surface area contributed by atoms with E-state index in [2.05, 4.69) is 12.2 Å². The van der Waals surface area contributed by atoms with Crippen LogP contribution in [0.4, 0.5) is 10.1 Å². The summed E-state index contributed by atoms with van der Waals surface area (Å²) < 4.78 is 12.9. The van der Waals surface area contributed by atoms with Crippen LogP contribution >= 0.6 is 0 Å². The zero-order chi connectivity index (χ0) is 11.7. The van der Waals surface area contributed by atoms with Crippen LogP contribution in [0, 0.1) is 11.7 Å². The summed E-state index contributed by atoms with van der Waals surface area (Å²) in [5.41, 5.74) is 5.83. The maximum Gasteiger partial charge on any atom is 0.251 e. The minimum Gasteiger partial charge on any atom is -0.396 e. The monoisotopic (exact) mass is 222 g/mol. The van der Waals surface area contributed by atoms with Crippen molar-refractivity contribution in [3.05, 3.63) is 29.6 Å². The Bertz CT molecular complexity index is 413. The number of hydrogen-bond acceptors (Lipinski definition) is 2. The molecule has 0 atom stereocenters. The zero-order valence-corrected chi connectivity index (χ0v) is 9.16. The molecule has 1 aromatic rings. The van der Waals surface area contributed by atoms with E-state index in [9.17, 15) is 9.18 Å². The van der Waals surface area contributed by atoms with Crippen LogP contribution in [0.15, 0.2) is 18.2 Å². The standard InChI is InChI=1S/C12H15FN2O/c1-7-4-9(5-7)15-12(16)8-2-3-10(13)11(14)6-8/h2-3,6-7,9H,4-5,14H2,1H3,(H,15,16). The highest BCUT2D eigenvalue weighted by Crippen LogP contribution is 2.26. The van der Waals surface area contributed by atoms with Gasteiger partial charge in [0.2, 0.25) is 0 Å². The molecule has 1 aliphatic rings. The van der Waals surface area contributed by atoms with Gasteiger partial charge in [0.15, 0.2) is 0 Å². The number of anilines is 1. The molecule has 16 heavy (non-hydrogen) atoms. The molecule has 1 saturated carbocycles. The smallest absolute Gasteiger partial charge is 0.251 e. The molecule has 1 amide bonds. The van der Waals surface area contributed by atoms with Crippen LogP contribution in [0.1, 0.15) is 30.1 Å². The second-order valence-electron chi connectivity index (χ2n) is 4.48. The van der Waals surface area contributed by atoms with Gasteiger partial charge in [-0.1, -0.05) is 6.92 Å². The van der Waals surface area contributed by atoms with Gasteiger partial charge in [-0.25, -0.2) is 4.39 Å². The largest absolute Gasteiger partial charge is 0.396 e. The Kier molecular flexibility index (Phi) is 2.81. The second kappa shape index (κ2) is 4.12. The maximum atomic E-state index is 12.9. The van der Waals surface area contributed by atoms with Gasteiger partial charge in [0.05, 0.1) is 5.69 Å². The molecule has 1 aromatic carbocycles. The van der Waals surface area contributed by atoms with Crippen LogP contribution < -0.4 is 11.1 Å². The number of rotatable bonds is 2. The number of nitrogens with two attached hydrogens (primary N) is 1. The molecule has 0 spiro atoms. The Labute approximate surface area is 93.8 Å². The van der Waals surface area contributed by atoms with E-state index >= 15 is 0 Å². The number of nitrogens with one attached hydrogen (secondary N) is 1. The van der Waals surface area contributed by atoms with E-state index in [1.165, 1.54) is 18.2 Å². The van der Waals surface area contributed by atoms with Crippen molar-refractivity contribution < 1.29 is 9.18 Å². The highest BCUT2D eigenvalue weighted by molar-refractivity contribution is 5.95. The van der Waals surface area contributed by atoms with Crippen molar-refractivity contribution >= 4 is 11.6 Å². The van der Waals surface area contributed by atoms with E-state index in [0.717, 1.165) is 12.8 Å². The summed E-state index contributed by atoms with van der Waals surface area (Å²) in [5, 5.41) is 2.89. The molecule has 3 nitrogen and oxygen atoms in total. The van der Waals surface area contributed by atoms with Crippen molar-refractivity contribution in [2.45, 2.75) is 25.8 Å². The minimum absolute atomic E-state index is 0.00891. The first-order valence-corrected chi connectivity index (χ1v) is 5.42. The molecule has 0 unspecified atom stereocenters. The lowest BCUT2D eigenvalue weighted by molar-refractivity contribution is 0.0896. The van der Waals surface area contributed by atoms with Crippen molar-refractivity contribution in [1.82, 2.24) is 5.32 Å². The highest BCUT2D eigenvalue weighted by atomic mass is 19.1. The average Bonchev–Trinajstić information content (AvgIpc) is 2.19. The van der Waals surface area contributed by atoms with Crippen LogP contribution in [0.25, 0.3) is 0 Å². The third-order valence-electron chi connectivity index (χ3n) is 2.97. The fourth-order valence-electron chi connectivity index (χ4n) is 1.97. The molecule has 0 heterocycles. The first-order valence-electron chi connectivity index (χ1n) is 5.42. The predicted molar refractivity (Wildman–Crippen MR) is 60.5 cm³/mol. The van der Waals surface area contributed by atoms with Crippen LogP contribution in [0.2, 0.25) is 0 Å². The molecule has 0 aromatic heterocycles. The zero-order valence-electron chi connectivity index (χ0n) is 9.16. The first-order chi connectivity index (χ1) is 7.56. The lowest BCUT2D eigenvalue weighted by atomic mass is 9.82. The van der Waals surface area contributed by atoms with Crippen molar-refractivity contribution in [3.63, 3.8) is 0 Å². The minimum atomic E-state index is -0.492. The Balaban J connectivity index is 2.01. The van der Waals surface area contributed by atoms with Crippen molar-refractivity contribution in [1.29, 1.82) is 0 Å². The van der Waals surface area contributed by atoms with E-state index in [1.807, 2.05) is 0 Å². The number of benzene rings is 1. The first kappa shape index (κ1) is 10.9. The molecular formula is C12H15FN2O. The third-order valence-corrected chi connectivity index (χ3v) is 2.97. The molecule has 2 rings (SSSR count). The quantitative estimate of drug-likeness (QED) is 0.751. The summed E-state index contributed by atoms with van der Waals surface area (Å²) in [5.74, 6) is 0.0148. The molecule has 3 N–H and O–H groups in total. The number of carbonyl (C=O) groups is 1. The molecule has 0 bridgehead atoms. The van der Waals surface area contributed by atoms with Gasteiger partial charge in [0.1, 0.15) is 5.82 Å². The summed E-state index contributed by atoms with van der Waals surface area (Å²) >= 11 is 0. The second-order valence-corrected chi connectivity index (χ2v) is 4.48. The molecule has 86 valence electrons. The lowest BCUT2D eigenvalue weighted by Crippen LogP contribution is -2.43. The molecule has 0 aliphatic heterocycles. The number of nitrogen functional groups attached to an aromatic ring is 1. The van der Waals surface area contributed by atoms with Gasteiger partial charge in [-0.15, -0.1) is 0 Å². The van der Waals surface area contributed by atoms with Gasteiger partial charge >= 0.3 is 0 Å². The molecule has 0 radical (unpaired) electrons. The van der Waals surface area contributed by atoms with E-state index < -0.39 is 5.82 Å². The Morgan fingerprint density at radius 1 is 1.50 bits per heavy atom. The van der Waals surface area contributed by atoms with Crippen LogP contribution in [-0.2, 0) is 0 Å². The number of carbonyl (C=O) groups excluding carboxylic acids is 1. The number of amides is 1. The van der Waals surface area contributed by atoms with Gasteiger partial charge in [0.25, 0.3) is 5.91 Å². The molecule has 1 aliphatic carbocycles. The maximum absolute atomic E-state index is 12.9. The van der Waals surface area contributed by atoms with Gasteiger partial charge in [-0.2, -0.15) is 0 Å². The van der Waals surface area contributed by atoms with Crippen LogP contribution in [-0.4, -0.2) is 11.9 Å². The Hall–Kier alpha value is -1.58. The number of hydrogen-bond donors (Lipinski definition) is 2. The molecule has 0 saturated heterocycles. The van der Waals surface area contributed by atoms with E-state index in [1.54, 1.807) is 0 Å². The van der Waals surface area contributed by atoms with Gasteiger partial charge in [-0.05, 0) is 37.0 Å². The molecule has 1 fully saturated rings. The predicted octanol–water partition coefficient (Wildman–Crippen LogP) is 1.94. The average molecular weight is 222 g/mol. The van der Waals surface area contributed by atoms with Crippen LogP contribution in [0.3, 0.4) is 0 Å². The molecule has 4 heteroatoms. The normalized spacial score (nSPS) is 23.6. The summed E-state index contributed by atoms with van der Waals surface area (Å²) in [4.78, 5) is 11.7. The van der Waals surface area contributed by atoms with E-state index in [0.29, 0.717) is 11.5 Å². The van der Waals surface area contributed by atoms with E-state index in [-0.39, 0.29) is 17.6 Å². The number of halogens is 1. The van der Waals surface area contributed by atoms with Crippen LogP contribution in [0.5, 0.6) is 0 Å². The summed E-state index contributed by atoms with van der Waals surface area (Å²) in [6, 6.07) is 4.29. The Morgan fingerprint density at radius 3 is 2.75 bits per heavy atom. The lowest BCUT2D eigenvalue weighted by Gasteiger charge is -2.33. The summed E-state index contributed by atoms with van der Waals surface area (Å²) in [6.45, 7) is 2.15. The van der Waals surface area contributed by atoms with E-state index in [4.69, 9.17) is 5.73 Å². The fourth-order valence-corrected chi connectivity index (χ4v) is 1.97. The fraction of sp³-hybridized carbons (Fsp3) is 0.417.